The Labute approximate surface area is 128 Å². The van der Waals surface area contributed by atoms with Crippen LogP contribution in [0.1, 0.15) is 34.5 Å². The van der Waals surface area contributed by atoms with Crippen molar-refractivity contribution in [1.82, 2.24) is 0 Å². The molecule has 1 saturated heterocycles. The quantitative estimate of drug-likeness (QED) is 0.799. The molecule has 112 valence electrons. The molecule has 2 unspecified atom stereocenters. The maximum absolute atomic E-state index is 12.2. The van der Waals surface area contributed by atoms with Crippen molar-refractivity contribution in [1.29, 1.82) is 0 Å². The minimum absolute atomic E-state index is 0.547. The average molecular weight is 296 g/mol. The van der Waals surface area contributed by atoms with Gasteiger partial charge in [0.2, 0.25) is 12.2 Å². The van der Waals surface area contributed by atoms with Crippen LogP contribution in [0.15, 0.2) is 48.5 Å². The summed E-state index contributed by atoms with van der Waals surface area (Å²) in [5, 5.41) is 0. The van der Waals surface area contributed by atoms with E-state index in [1.165, 1.54) is 0 Å². The second-order valence-corrected chi connectivity index (χ2v) is 5.46. The minimum Gasteiger partial charge on any atom is -0.442 e. The monoisotopic (exact) mass is 296 g/mol. The highest BCUT2D eigenvalue weighted by Gasteiger charge is 2.39. The van der Waals surface area contributed by atoms with Crippen LogP contribution in [-0.2, 0) is 19.1 Å². The van der Waals surface area contributed by atoms with Crippen molar-refractivity contribution in [3.8, 4) is 0 Å². The third kappa shape index (κ3) is 2.72. The molecule has 2 aromatic carbocycles. The van der Waals surface area contributed by atoms with Crippen molar-refractivity contribution in [2.45, 2.75) is 26.1 Å². The van der Waals surface area contributed by atoms with Crippen molar-refractivity contribution < 1.29 is 19.1 Å². The molecule has 1 fully saturated rings. The van der Waals surface area contributed by atoms with Gasteiger partial charge in [-0.1, -0.05) is 59.7 Å². The number of carbonyl (C=O) groups is 2. The third-order valence-electron chi connectivity index (χ3n) is 3.66. The number of hydrogen-bond donors (Lipinski definition) is 0. The summed E-state index contributed by atoms with van der Waals surface area (Å²) in [6, 6.07) is 14.5. The Morgan fingerprint density at radius 1 is 0.636 bits per heavy atom. The molecule has 22 heavy (non-hydrogen) atoms. The average Bonchev–Trinajstić information content (AvgIpc) is 2.51. The van der Waals surface area contributed by atoms with Crippen molar-refractivity contribution in [2.75, 3.05) is 0 Å². The molecule has 2 atom stereocenters. The first-order valence-electron chi connectivity index (χ1n) is 7.09. The SMILES string of the molecule is Cc1ccc(C2OC(=O)C(c3ccc(C)cc3)OC2=O)cc1. The molecular weight excluding hydrogens is 280 g/mol. The Hall–Kier alpha value is -2.62. The van der Waals surface area contributed by atoms with Gasteiger partial charge in [-0.25, -0.2) is 9.59 Å². The van der Waals surface area contributed by atoms with Gasteiger partial charge >= 0.3 is 11.9 Å². The third-order valence-corrected chi connectivity index (χ3v) is 3.66. The van der Waals surface area contributed by atoms with Crippen LogP contribution >= 0.6 is 0 Å². The summed E-state index contributed by atoms with van der Waals surface area (Å²) in [4.78, 5) is 24.4. The summed E-state index contributed by atoms with van der Waals surface area (Å²) in [5.41, 5.74) is 3.37. The smallest absolute Gasteiger partial charge is 0.353 e. The van der Waals surface area contributed by atoms with E-state index in [-0.39, 0.29) is 0 Å². The number of esters is 2. The number of aryl methyl sites for hydroxylation is 2. The maximum Gasteiger partial charge on any atom is 0.353 e. The Balaban J connectivity index is 1.82. The van der Waals surface area contributed by atoms with Crippen LogP contribution < -0.4 is 0 Å². The number of benzene rings is 2. The number of hydrogen-bond acceptors (Lipinski definition) is 4. The predicted molar refractivity (Wildman–Crippen MR) is 80.0 cm³/mol. The molecule has 0 saturated carbocycles. The molecule has 3 rings (SSSR count). The molecule has 0 spiro atoms. The van der Waals surface area contributed by atoms with Crippen molar-refractivity contribution in [2.24, 2.45) is 0 Å². The fraction of sp³-hybridized carbons (Fsp3) is 0.222. The summed E-state index contributed by atoms with van der Waals surface area (Å²) in [7, 11) is 0. The van der Waals surface area contributed by atoms with Crippen LogP contribution in [0.2, 0.25) is 0 Å². The lowest BCUT2D eigenvalue weighted by Crippen LogP contribution is -2.34. The molecule has 2 aromatic rings. The van der Waals surface area contributed by atoms with Gasteiger partial charge in [0.1, 0.15) is 0 Å². The van der Waals surface area contributed by atoms with E-state index in [2.05, 4.69) is 0 Å². The van der Waals surface area contributed by atoms with Gasteiger partial charge in [0, 0.05) is 11.1 Å². The number of ether oxygens (including phenoxy) is 2. The number of carbonyl (C=O) groups excluding carboxylic acids is 2. The Kier molecular flexibility index (Phi) is 3.67. The highest BCUT2D eigenvalue weighted by Crippen LogP contribution is 2.32. The second-order valence-electron chi connectivity index (χ2n) is 5.46. The largest absolute Gasteiger partial charge is 0.442 e. The maximum atomic E-state index is 12.2. The van der Waals surface area contributed by atoms with E-state index in [1.807, 2.05) is 38.1 Å². The zero-order valence-electron chi connectivity index (χ0n) is 12.4. The molecule has 0 bridgehead atoms. The molecule has 0 aliphatic carbocycles. The first-order valence-corrected chi connectivity index (χ1v) is 7.09. The van der Waals surface area contributed by atoms with E-state index >= 15 is 0 Å². The molecule has 4 nitrogen and oxygen atoms in total. The van der Waals surface area contributed by atoms with Crippen LogP contribution in [-0.4, -0.2) is 11.9 Å². The first-order chi connectivity index (χ1) is 10.5. The van der Waals surface area contributed by atoms with Crippen LogP contribution in [0.3, 0.4) is 0 Å². The van der Waals surface area contributed by atoms with E-state index in [1.54, 1.807) is 24.3 Å². The number of rotatable bonds is 2. The van der Waals surface area contributed by atoms with E-state index < -0.39 is 24.1 Å². The lowest BCUT2D eigenvalue weighted by Gasteiger charge is -2.27. The van der Waals surface area contributed by atoms with Crippen LogP contribution in [0.5, 0.6) is 0 Å². The summed E-state index contributed by atoms with van der Waals surface area (Å²) in [6.07, 6.45) is -1.98. The summed E-state index contributed by atoms with van der Waals surface area (Å²) in [6.45, 7) is 3.89. The summed E-state index contributed by atoms with van der Waals surface area (Å²) < 4.78 is 10.6. The molecule has 1 aliphatic rings. The minimum atomic E-state index is -0.991. The van der Waals surface area contributed by atoms with Gasteiger partial charge in [-0.2, -0.15) is 0 Å². The first kappa shape index (κ1) is 14.3. The van der Waals surface area contributed by atoms with Gasteiger partial charge in [0.15, 0.2) is 0 Å². The van der Waals surface area contributed by atoms with Crippen molar-refractivity contribution >= 4 is 11.9 Å². The van der Waals surface area contributed by atoms with Gasteiger partial charge in [-0.15, -0.1) is 0 Å². The highest BCUT2D eigenvalue weighted by atomic mass is 16.6. The van der Waals surface area contributed by atoms with Gasteiger partial charge in [0.25, 0.3) is 0 Å². The van der Waals surface area contributed by atoms with Crippen molar-refractivity contribution in [3.63, 3.8) is 0 Å². The molecular formula is C18H16O4. The van der Waals surface area contributed by atoms with E-state index in [4.69, 9.17) is 9.47 Å². The lowest BCUT2D eigenvalue weighted by molar-refractivity contribution is -0.196. The molecule has 0 aromatic heterocycles. The summed E-state index contributed by atoms with van der Waals surface area (Å²) >= 11 is 0. The normalized spacial score (nSPS) is 21.2. The van der Waals surface area contributed by atoms with Gasteiger partial charge in [-0.3, -0.25) is 0 Å². The Morgan fingerprint density at radius 2 is 0.955 bits per heavy atom. The van der Waals surface area contributed by atoms with Crippen LogP contribution in [0.4, 0.5) is 0 Å². The second kappa shape index (κ2) is 5.64. The van der Waals surface area contributed by atoms with Gasteiger partial charge in [-0.05, 0) is 13.8 Å². The zero-order valence-corrected chi connectivity index (χ0v) is 12.4. The van der Waals surface area contributed by atoms with E-state index in [0.717, 1.165) is 11.1 Å². The highest BCUT2D eigenvalue weighted by molar-refractivity contribution is 5.89. The van der Waals surface area contributed by atoms with Crippen LogP contribution in [0, 0.1) is 13.8 Å². The van der Waals surface area contributed by atoms with Gasteiger partial charge < -0.3 is 9.47 Å². The Morgan fingerprint density at radius 3 is 1.27 bits per heavy atom. The topological polar surface area (TPSA) is 52.6 Å². The molecule has 1 heterocycles. The molecule has 0 amide bonds. The fourth-order valence-electron chi connectivity index (χ4n) is 2.34. The fourth-order valence-corrected chi connectivity index (χ4v) is 2.34. The Bertz CT molecular complexity index is 637. The standard InChI is InChI=1S/C18H16O4/c1-11-3-7-13(8-4-11)15-17(19)22-16(18(20)21-15)14-9-5-12(2)6-10-14/h3-10,15-16H,1-2H3. The molecule has 1 aliphatic heterocycles. The zero-order chi connectivity index (χ0) is 15.7. The van der Waals surface area contributed by atoms with Crippen molar-refractivity contribution in [3.05, 3.63) is 70.8 Å². The van der Waals surface area contributed by atoms with E-state index in [0.29, 0.717) is 11.1 Å². The van der Waals surface area contributed by atoms with Gasteiger partial charge in [0.05, 0.1) is 0 Å². The summed E-state index contributed by atoms with van der Waals surface area (Å²) in [5.74, 6) is -1.09. The van der Waals surface area contributed by atoms with Crippen LogP contribution in [0.25, 0.3) is 0 Å². The van der Waals surface area contributed by atoms with E-state index in [9.17, 15) is 9.59 Å². The number of cyclic esters (lactones) is 2. The molecule has 0 N–H and O–H groups in total. The predicted octanol–water partition coefficient (Wildman–Crippen LogP) is 3.19. The lowest BCUT2D eigenvalue weighted by atomic mass is 10.0. The molecule has 4 heteroatoms. The molecule has 0 radical (unpaired) electrons.